The van der Waals surface area contributed by atoms with Gasteiger partial charge >= 0.3 is 5.97 Å². The Morgan fingerprint density at radius 1 is 0.828 bits per heavy atom. The third-order valence-electron chi connectivity index (χ3n) is 4.55. The summed E-state index contributed by atoms with van der Waals surface area (Å²) in [6.07, 6.45) is 0. The second kappa shape index (κ2) is 9.22. The average molecular weight is 388 g/mol. The molecule has 0 atom stereocenters. The summed E-state index contributed by atoms with van der Waals surface area (Å²) < 4.78 is 15.9. The van der Waals surface area contributed by atoms with Crippen molar-refractivity contribution in [1.29, 1.82) is 0 Å². The second-order valence-electron chi connectivity index (χ2n) is 6.73. The highest BCUT2D eigenvalue weighted by Gasteiger charge is 2.10. The van der Waals surface area contributed by atoms with Gasteiger partial charge in [-0.25, -0.2) is 4.79 Å². The number of rotatable bonds is 7. The fourth-order valence-corrected chi connectivity index (χ4v) is 3.01. The zero-order chi connectivity index (χ0) is 20.8. The Morgan fingerprint density at radius 3 is 2.00 bits per heavy atom. The van der Waals surface area contributed by atoms with Gasteiger partial charge in [0, 0.05) is 12.7 Å². The lowest BCUT2D eigenvalue weighted by Crippen LogP contribution is -2.07. The number of hydrogen-bond donors (Lipinski definition) is 0. The fraction of sp³-hybridized carbons (Fsp3) is 0.160. The topological polar surface area (TPSA) is 44.8 Å². The predicted octanol–water partition coefficient (Wildman–Crippen LogP) is 5.66. The minimum atomic E-state index is -0.429. The van der Waals surface area contributed by atoms with Gasteiger partial charge in [-0.3, -0.25) is 0 Å². The molecule has 3 rings (SSSR count). The number of carbonyl (C=O) groups is 1. The maximum absolute atomic E-state index is 11.7. The van der Waals surface area contributed by atoms with Crippen LogP contribution in [-0.2, 0) is 16.1 Å². The van der Waals surface area contributed by atoms with E-state index < -0.39 is 5.97 Å². The first-order chi connectivity index (χ1) is 14.0. The third kappa shape index (κ3) is 4.92. The van der Waals surface area contributed by atoms with E-state index in [1.807, 2.05) is 36.4 Å². The van der Waals surface area contributed by atoms with Crippen LogP contribution in [0.1, 0.15) is 12.5 Å². The lowest BCUT2D eigenvalue weighted by atomic mass is 9.95. The van der Waals surface area contributed by atoms with Crippen LogP contribution in [0, 0.1) is 0 Å². The van der Waals surface area contributed by atoms with Crippen LogP contribution in [0.3, 0.4) is 0 Å². The van der Waals surface area contributed by atoms with E-state index in [2.05, 4.69) is 24.8 Å². The first-order valence-corrected chi connectivity index (χ1v) is 9.26. The maximum atomic E-state index is 11.7. The van der Waals surface area contributed by atoms with Gasteiger partial charge in [0.15, 0.2) is 0 Å². The molecule has 0 bridgehead atoms. The summed E-state index contributed by atoms with van der Waals surface area (Å²) in [5.41, 5.74) is 5.75. The van der Waals surface area contributed by atoms with Crippen molar-refractivity contribution in [3.05, 3.63) is 84.4 Å². The largest absolute Gasteiger partial charge is 0.497 e. The van der Waals surface area contributed by atoms with E-state index in [1.165, 1.54) is 0 Å². The Hall–Kier alpha value is -3.37. The summed E-state index contributed by atoms with van der Waals surface area (Å²) in [5.74, 6) is 0.890. The molecule has 0 aliphatic carbocycles. The third-order valence-corrected chi connectivity index (χ3v) is 4.55. The molecule has 4 nitrogen and oxygen atoms in total. The Balaban J connectivity index is 1.90. The molecule has 0 aromatic heterocycles. The highest BCUT2D eigenvalue weighted by Crippen LogP contribution is 2.31. The zero-order valence-corrected chi connectivity index (χ0v) is 16.9. The second-order valence-corrected chi connectivity index (χ2v) is 6.73. The molecule has 0 radical (unpaired) electrons. The number of methoxy groups -OCH3 is 2. The number of ether oxygens (including phenoxy) is 3. The van der Waals surface area contributed by atoms with Gasteiger partial charge in [0.05, 0.1) is 13.7 Å². The molecular weight excluding hydrogens is 364 g/mol. The molecule has 0 spiro atoms. The highest BCUT2D eigenvalue weighted by atomic mass is 16.5. The van der Waals surface area contributed by atoms with Crippen LogP contribution < -0.4 is 9.47 Å². The van der Waals surface area contributed by atoms with Crippen LogP contribution in [0.25, 0.3) is 22.3 Å². The van der Waals surface area contributed by atoms with Crippen LogP contribution in [0.5, 0.6) is 11.5 Å². The maximum Gasteiger partial charge on any atom is 0.338 e. The van der Waals surface area contributed by atoms with E-state index in [1.54, 1.807) is 33.3 Å². The van der Waals surface area contributed by atoms with E-state index in [-0.39, 0.29) is 0 Å². The highest BCUT2D eigenvalue weighted by molar-refractivity contribution is 5.88. The molecule has 0 heterocycles. The molecule has 0 amide bonds. The molecule has 3 aromatic rings. The Morgan fingerprint density at radius 2 is 1.41 bits per heavy atom. The molecule has 0 unspecified atom stereocenters. The van der Waals surface area contributed by atoms with Crippen LogP contribution in [-0.4, -0.2) is 20.2 Å². The van der Waals surface area contributed by atoms with E-state index >= 15 is 0 Å². The number of hydrogen-bond acceptors (Lipinski definition) is 4. The van der Waals surface area contributed by atoms with Crippen molar-refractivity contribution < 1.29 is 19.0 Å². The van der Waals surface area contributed by atoms with E-state index in [9.17, 15) is 4.79 Å². The summed E-state index contributed by atoms with van der Waals surface area (Å²) in [6, 6.07) is 21.7. The number of carbonyl (C=O) groups excluding carboxylic acids is 1. The molecule has 29 heavy (non-hydrogen) atoms. The quantitative estimate of drug-likeness (QED) is 0.298. The normalized spacial score (nSPS) is 10.4. The lowest BCUT2D eigenvalue weighted by Gasteiger charge is -2.13. The molecule has 0 aliphatic heterocycles. The van der Waals surface area contributed by atoms with Crippen molar-refractivity contribution in [3.8, 4) is 33.8 Å². The van der Waals surface area contributed by atoms with Gasteiger partial charge in [0.25, 0.3) is 0 Å². The fourth-order valence-electron chi connectivity index (χ4n) is 3.01. The summed E-state index contributed by atoms with van der Waals surface area (Å²) in [6.45, 7) is 5.71. The van der Waals surface area contributed by atoms with Crippen molar-refractivity contribution in [2.24, 2.45) is 0 Å². The van der Waals surface area contributed by atoms with E-state index in [4.69, 9.17) is 14.2 Å². The summed E-state index contributed by atoms with van der Waals surface area (Å²) in [5, 5.41) is 0. The minimum Gasteiger partial charge on any atom is -0.497 e. The van der Waals surface area contributed by atoms with Crippen LogP contribution in [0.4, 0.5) is 0 Å². The number of esters is 1. The van der Waals surface area contributed by atoms with Crippen LogP contribution in [0.15, 0.2) is 78.9 Å². The Labute approximate surface area is 171 Å². The van der Waals surface area contributed by atoms with Crippen LogP contribution >= 0.6 is 0 Å². The lowest BCUT2D eigenvalue weighted by molar-refractivity contribution is -0.130. The first-order valence-electron chi connectivity index (χ1n) is 9.26. The SMILES string of the molecule is C=C(C)C(=O)Oc1ccc(-c2ccc(-c3ccc(OC)cc3)cc2COC)cc1. The molecule has 0 saturated carbocycles. The standard InChI is InChI=1S/C25H24O4/c1-17(2)25(26)29-23-12-7-19(8-13-23)24-14-9-20(15-21(24)16-27-3)18-5-10-22(28-4)11-6-18/h5-15H,1,16H2,2-4H3. The summed E-state index contributed by atoms with van der Waals surface area (Å²) >= 11 is 0. The number of benzene rings is 3. The molecule has 4 heteroatoms. The Kier molecular flexibility index (Phi) is 6.47. The van der Waals surface area contributed by atoms with E-state index in [0.29, 0.717) is 17.9 Å². The Bertz CT molecular complexity index is 1000. The molecule has 0 saturated heterocycles. The van der Waals surface area contributed by atoms with Gasteiger partial charge in [0.1, 0.15) is 11.5 Å². The molecule has 0 N–H and O–H groups in total. The van der Waals surface area contributed by atoms with Gasteiger partial charge in [-0.2, -0.15) is 0 Å². The zero-order valence-electron chi connectivity index (χ0n) is 16.9. The van der Waals surface area contributed by atoms with Crippen LogP contribution in [0.2, 0.25) is 0 Å². The van der Waals surface area contributed by atoms with E-state index in [0.717, 1.165) is 33.6 Å². The van der Waals surface area contributed by atoms with Gasteiger partial charge in [-0.05, 0) is 65.1 Å². The van der Waals surface area contributed by atoms with Crippen molar-refractivity contribution in [2.75, 3.05) is 14.2 Å². The van der Waals surface area contributed by atoms with Gasteiger partial charge in [-0.15, -0.1) is 0 Å². The predicted molar refractivity (Wildman–Crippen MR) is 115 cm³/mol. The average Bonchev–Trinajstić information content (AvgIpc) is 2.74. The molecule has 3 aromatic carbocycles. The molecule has 0 fully saturated rings. The molecular formula is C25H24O4. The smallest absolute Gasteiger partial charge is 0.338 e. The summed E-state index contributed by atoms with van der Waals surface area (Å²) in [7, 11) is 3.34. The summed E-state index contributed by atoms with van der Waals surface area (Å²) in [4.78, 5) is 11.7. The minimum absolute atomic E-state index is 0.366. The van der Waals surface area contributed by atoms with Gasteiger partial charge in [0.2, 0.25) is 0 Å². The van der Waals surface area contributed by atoms with Crippen molar-refractivity contribution in [1.82, 2.24) is 0 Å². The van der Waals surface area contributed by atoms with Crippen molar-refractivity contribution in [3.63, 3.8) is 0 Å². The van der Waals surface area contributed by atoms with Crippen molar-refractivity contribution in [2.45, 2.75) is 13.5 Å². The molecule has 148 valence electrons. The molecule has 0 aliphatic rings. The van der Waals surface area contributed by atoms with Crippen molar-refractivity contribution >= 4 is 5.97 Å². The first kappa shape index (κ1) is 20.4. The van der Waals surface area contributed by atoms with Gasteiger partial charge < -0.3 is 14.2 Å². The van der Waals surface area contributed by atoms with Gasteiger partial charge in [-0.1, -0.05) is 43.0 Å². The monoisotopic (exact) mass is 388 g/mol.